The standard InChI is InChI=1S/C20H30N4O/c1-14-12-24(13-15(2)25-14)19-7-8-20(17(9-19)10-21)23-11-16-3-5-18(22)6-4-16/h7-9,14-16,18,23H,3-6,11-13,22H2,1-2H3/t14?,15?,16-,18-. The topological polar surface area (TPSA) is 74.3 Å². The second-order valence-corrected chi connectivity index (χ2v) is 7.67. The summed E-state index contributed by atoms with van der Waals surface area (Å²) in [6, 6.07) is 8.90. The molecule has 5 nitrogen and oxygen atoms in total. The summed E-state index contributed by atoms with van der Waals surface area (Å²) >= 11 is 0. The molecule has 5 heteroatoms. The van der Waals surface area contributed by atoms with Crippen LogP contribution in [-0.2, 0) is 4.74 Å². The Bertz CT molecular complexity index is 609. The molecule has 1 aromatic carbocycles. The molecule has 2 atom stereocenters. The SMILES string of the molecule is CC1CN(c2ccc(NC[C@H]3CC[C@H](N)CC3)c(C#N)c2)CC(C)O1. The number of rotatable bonds is 4. The Hall–Kier alpha value is -1.77. The number of nitrogens with two attached hydrogens (primary N) is 1. The monoisotopic (exact) mass is 342 g/mol. The summed E-state index contributed by atoms with van der Waals surface area (Å²) in [6.45, 7) is 6.85. The van der Waals surface area contributed by atoms with Crippen molar-refractivity contribution in [2.24, 2.45) is 11.7 Å². The normalized spacial score (nSPS) is 29.9. The maximum Gasteiger partial charge on any atom is 0.101 e. The average molecular weight is 342 g/mol. The van der Waals surface area contributed by atoms with Crippen molar-refractivity contribution < 1.29 is 4.74 Å². The van der Waals surface area contributed by atoms with Gasteiger partial charge in [-0.3, -0.25) is 0 Å². The molecule has 2 aliphatic rings. The molecular formula is C20H30N4O. The molecule has 1 heterocycles. The van der Waals surface area contributed by atoms with E-state index in [-0.39, 0.29) is 12.2 Å². The van der Waals surface area contributed by atoms with E-state index in [0.717, 1.165) is 49.4 Å². The summed E-state index contributed by atoms with van der Waals surface area (Å²) in [7, 11) is 0. The molecule has 1 saturated heterocycles. The van der Waals surface area contributed by atoms with Gasteiger partial charge in [0.2, 0.25) is 0 Å². The van der Waals surface area contributed by atoms with E-state index in [0.29, 0.717) is 12.0 Å². The Morgan fingerprint density at radius 3 is 2.52 bits per heavy atom. The van der Waals surface area contributed by atoms with E-state index in [1.807, 2.05) is 12.1 Å². The first kappa shape index (κ1) is 18.0. The van der Waals surface area contributed by atoms with Gasteiger partial charge in [0.15, 0.2) is 0 Å². The minimum Gasteiger partial charge on any atom is -0.384 e. The first-order chi connectivity index (χ1) is 12.0. The smallest absolute Gasteiger partial charge is 0.101 e. The van der Waals surface area contributed by atoms with Gasteiger partial charge < -0.3 is 20.7 Å². The number of nitrogens with one attached hydrogen (secondary N) is 1. The van der Waals surface area contributed by atoms with Gasteiger partial charge in [-0.05, 0) is 63.6 Å². The van der Waals surface area contributed by atoms with Crippen molar-refractivity contribution in [2.75, 3.05) is 29.9 Å². The highest BCUT2D eigenvalue weighted by Gasteiger charge is 2.23. The van der Waals surface area contributed by atoms with Crippen LogP contribution in [0.25, 0.3) is 0 Å². The summed E-state index contributed by atoms with van der Waals surface area (Å²) in [5, 5.41) is 13.1. The van der Waals surface area contributed by atoms with Crippen LogP contribution in [0.15, 0.2) is 18.2 Å². The highest BCUT2D eigenvalue weighted by Crippen LogP contribution is 2.27. The van der Waals surface area contributed by atoms with Crippen LogP contribution in [0.4, 0.5) is 11.4 Å². The molecule has 0 aromatic heterocycles. The summed E-state index contributed by atoms with van der Waals surface area (Å²) in [5.41, 5.74) is 8.74. The van der Waals surface area contributed by atoms with E-state index in [1.54, 1.807) is 0 Å². The van der Waals surface area contributed by atoms with Crippen LogP contribution < -0.4 is 16.0 Å². The Labute approximate surface area is 151 Å². The summed E-state index contributed by atoms with van der Waals surface area (Å²) in [4.78, 5) is 2.31. The van der Waals surface area contributed by atoms with E-state index in [1.165, 1.54) is 12.8 Å². The fourth-order valence-corrected chi connectivity index (χ4v) is 4.01. The zero-order valence-electron chi connectivity index (χ0n) is 15.4. The Balaban J connectivity index is 1.64. The number of nitrogens with zero attached hydrogens (tertiary/aromatic N) is 2. The van der Waals surface area contributed by atoms with Gasteiger partial charge in [-0.15, -0.1) is 0 Å². The van der Waals surface area contributed by atoms with E-state index >= 15 is 0 Å². The molecule has 0 spiro atoms. The highest BCUT2D eigenvalue weighted by molar-refractivity contribution is 5.65. The van der Waals surface area contributed by atoms with Crippen LogP contribution in [0, 0.1) is 17.2 Å². The van der Waals surface area contributed by atoms with Crippen molar-refractivity contribution in [3.63, 3.8) is 0 Å². The van der Waals surface area contributed by atoms with Gasteiger partial charge in [0.25, 0.3) is 0 Å². The van der Waals surface area contributed by atoms with Gasteiger partial charge in [-0.2, -0.15) is 5.26 Å². The number of hydrogen-bond acceptors (Lipinski definition) is 5. The molecule has 2 unspecified atom stereocenters. The second kappa shape index (κ2) is 8.07. The molecule has 1 saturated carbocycles. The van der Waals surface area contributed by atoms with Crippen LogP contribution in [0.1, 0.15) is 45.1 Å². The predicted molar refractivity (Wildman–Crippen MR) is 102 cm³/mol. The third-order valence-corrected chi connectivity index (χ3v) is 5.38. The fraction of sp³-hybridized carbons (Fsp3) is 0.650. The second-order valence-electron chi connectivity index (χ2n) is 7.67. The number of nitriles is 1. The van der Waals surface area contributed by atoms with Crippen LogP contribution in [-0.4, -0.2) is 37.9 Å². The molecule has 1 aliphatic heterocycles. The molecule has 3 rings (SSSR count). The maximum absolute atomic E-state index is 9.57. The quantitative estimate of drug-likeness (QED) is 0.879. The van der Waals surface area contributed by atoms with Gasteiger partial charge in [0.05, 0.1) is 23.5 Å². The Morgan fingerprint density at radius 2 is 1.88 bits per heavy atom. The van der Waals surface area contributed by atoms with Crippen molar-refractivity contribution in [1.29, 1.82) is 5.26 Å². The lowest BCUT2D eigenvalue weighted by molar-refractivity contribution is -0.00521. The van der Waals surface area contributed by atoms with Crippen molar-refractivity contribution in [3.05, 3.63) is 23.8 Å². The molecule has 25 heavy (non-hydrogen) atoms. The maximum atomic E-state index is 9.57. The van der Waals surface area contributed by atoms with Crippen molar-refractivity contribution in [1.82, 2.24) is 0 Å². The minimum atomic E-state index is 0.213. The molecule has 3 N–H and O–H groups in total. The summed E-state index contributed by atoms with van der Waals surface area (Å²) in [5.74, 6) is 0.659. The third kappa shape index (κ3) is 4.65. The molecule has 1 aliphatic carbocycles. The fourth-order valence-electron chi connectivity index (χ4n) is 4.01. The van der Waals surface area contributed by atoms with Crippen LogP contribution in [0.2, 0.25) is 0 Å². The number of anilines is 2. The first-order valence-electron chi connectivity index (χ1n) is 9.49. The van der Waals surface area contributed by atoms with E-state index < -0.39 is 0 Å². The molecule has 2 fully saturated rings. The number of hydrogen-bond donors (Lipinski definition) is 2. The largest absolute Gasteiger partial charge is 0.384 e. The lowest BCUT2D eigenvalue weighted by Crippen LogP contribution is -2.45. The zero-order valence-corrected chi connectivity index (χ0v) is 15.4. The minimum absolute atomic E-state index is 0.213. The van der Waals surface area contributed by atoms with Gasteiger partial charge in [-0.25, -0.2) is 0 Å². The molecule has 0 bridgehead atoms. The third-order valence-electron chi connectivity index (χ3n) is 5.38. The number of morpholine rings is 1. The Kier molecular flexibility index (Phi) is 5.82. The lowest BCUT2D eigenvalue weighted by atomic mass is 9.86. The lowest BCUT2D eigenvalue weighted by Gasteiger charge is -2.37. The number of ether oxygens (including phenoxy) is 1. The van der Waals surface area contributed by atoms with E-state index in [2.05, 4.69) is 36.2 Å². The molecule has 1 aromatic rings. The van der Waals surface area contributed by atoms with Crippen molar-refractivity contribution in [2.45, 2.75) is 57.8 Å². The molecule has 0 amide bonds. The number of benzene rings is 1. The van der Waals surface area contributed by atoms with Gasteiger partial charge in [-0.1, -0.05) is 0 Å². The zero-order chi connectivity index (χ0) is 17.8. The van der Waals surface area contributed by atoms with E-state index in [9.17, 15) is 5.26 Å². The predicted octanol–water partition coefficient (Wildman–Crippen LogP) is 3.10. The van der Waals surface area contributed by atoms with Crippen LogP contribution in [0.3, 0.4) is 0 Å². The average Bonchev–Trinajstić information content (AvgIpc) is 2.60. The van der Waals surface area contributed by atoms with E-state index in [4.69, 9.17) is 10.5 Å². The van der Waals surface area contributed by atoms with Gasteiger partial charge in [0, 0.05) is 31.4 Å². The highest BCUT2D eigenvalue weighted by atomic mass is 16.5. The molecule has 0 radical (unpaired) electrons. The van der Waals surface area contributed by atoms with Crippen LogP contribution in [0.5, 0.6) is 0 Å². The first-order valence-corrected chi connectivity index (χ1v) is 9.49. The van der Waals surface area contributed by atoms with Crippen LogP contribution >= 0.6 is 0 Å². The Morgan fingerprint density at radius 1 is 1.20 bits per heavy atom. The summed E-state index contributed by atoms with van der Waals surface area (Å²) < 4.78 is 5.80. The van der Waals surface area contributed by atoms with Gasteiger partial charge >= 0.3 is 0 Å². The van der Waals surface area contributed by atoms with Gasteiger partial charge in [0.1, 0.15) is 6.07 Å². The van der Waals surface area contributed by atoms with Crippen molar-refractivity contribution in [3.8, 4) is 6.07 Å². The summed E-state index contributed by atoms with van der Waals surface area (Å²) in [6.07, 6.45) is 5.01. The molecular weight excluding hydrogens is 312 g/mol. The molecule has 136 valence electrons. The van der Waals surface area contributed by atoms with Crippen molar-refractivity contribution >= 4 is 11.4 Å².